The fraction of sp³-hybridized carbons (Fsp3) is 0.462. The number of hydrogen-bond donors (Lipinski definition) is 1. The lowest BCUT2D eigenvalue weighted by atomic mass is 10.1. The highest BCUT2D eigenvalue weighted by atomic mass is 32.2. The summed E-state index contributed by atoms with van der Waals surface area (Å²) in [4.78, 5) is 4.62. The molecular weight excluding hydrogens is 216 g/mol. The molecule has 1 aliphatic heterocycles. The van der Waals surface area contributed by atoms with Crippen molar-refractivity contribution in [3.63, 3.8) is 0 Å². The molecule has 2 nitrogen and oxygen atoms in total. The number of nitrogens with zero attached hydrogens (tertiary/aromatic N) is 1. The van der Waals surface area contributed by atoms with Gasteiger partial charge in [-0.05, 0) is 43.5 Å². The third-order valence-corrected chi connectivity index (χ3v) is 3.97. The Balaban J connectivity index is 2.07. The predicted molar refractivity (Wildman–Crippen MR) is 73.5 cm³/mol. The van der Waals surface area contributed by atoms with Crippen LogP contribution in [0.3, 0.4) is 0 Å². The average molecular weight is 234 g/mol. The normalized spacial score (nSPS) is 19.7. The van der Waals surface area contributed by atoms with Crippen LogP contribution in [0.4, 0.5) is 5.69 Å². The number of aryl methyl sites for hydroxylation is 2. The van der Waals surface area contributed by atoms with Crippen LogP contribution in [0, 0.1) is 13.8 Å². The van der Waals surface area contributed by atoms with Gasteiger partial charge < -0.3 is 5.32 Å². The summed E-state index contributed by atoms with van der Waals surface area (Å²) in [6, 6.07) is 6.94. The zero-order chi connectivity index (χ0) is 11.5. The van der Waals surface area contributed by atoms with Gasteiger partial charge in [-0.2, -0.15) is 0 Å². The first-order valence-corrected chi connectivity index (χ1v) is 6.72. The van der Waals surface area contributed by atoms with Crippen molar-refractivity contribution >= 4 is 22.6 Å². The van der Waals surface area contributed by atoms with Crippen LogP contribution in [0.15, 0.2) is 23.2 Å². The topological polar surface area (TPSA) is 24.4 Å². The van der Waals surface area contributed by atoms with Crippen molar-refractivity contribution in [3.05, 3.63) is 29.3 Å². The highest BCUT2D eigenvalue weighted by Crippen LogP contribution is 2.22. The number of amidine groups is 1. The predicted octanol–water partition coefficient (Wildman–Crippen LogP) is 3.60. The third kappa shape index (κ3) is 2.59. The molecule has 0 aromatic heterocycles. The lowest BCUT2D eigenvalue weighted by molar-refractivity contribution is 0.738. The maximum absolute atomic E-state index is 4.62. The van der Waals surface area contributed by atoms with Gasteiger partial charge in [-0.1, -0.05) is 24.8 Å². The van der Waals surface area contributed by atoms with Gasteiger partial charge in [-0.15, -0.1) is 0 Å². The first-order chi connectivity index (χ1) is 7.69. The largest absolute Gasteiger partial charge is 0.335 e. The molecule has 3 heteroatoms. The van der Waals surface area contributed by atoms with E-state index in [-0.39, 0.29) is 0 Å². The number of hydrogen-bond acceptors (Lipinski definition) is 3. The van der Waals surface area contributed by atoms with Crippen LogP contribution in [0.5, 0.6) is 0 Å². The molecule has 1 aromatic rings. The summed E-state index contributed by atoms with van der Waals surface area (Å²) < 4.78 is 0. The summed E-state index contributed by atoms with van der Waals surface area (Å²) in [6.45, 7) is 6.46. The Kier molecular flexibility index (Phi) is 3.54. The number of nitrogens with one attached hydrogen (secondary N) is 1. The van der Waals surface area contributed by atoms with Crippen molar-refractivity contribution in [1.82, 2.24) is 0 Å². The van der Waals surface area contributed by atoms with Crippen molar-refractivity contribution < 1.29 is 0 Å². The molecule has 0 radical (unpaired) electrons. The van der Waals surface area contributed by atoms with E-state index in [2.05, 4.69) is 49.3 Å². The molecule has 0 fully saturated rings. The lowest BCUT2D eigenvalue weighted by Crippen LogP contribution is -2.05. The first-order valence-electron chi connectivity index (χ1n) is 5.74. The molecule has 1 aromatic carbocycles. The van der Waals surface area contributed by atoms with Gasteiger partial charge >= 0.3 is 0 Å². The molecular formula is C13H18N2S. The van der Waals surface area contributed by atoms with E-state index in [1.165, 1.54) is 11.1 Å². The zero-order valence-corrected chi connectivity index (χ0v) is 10.9. The minimum absolute atomic E-state index is 0.499. The summed E-state index contributed by atoms with van der Waals surface area (Å²) in [5, 5.41) is 4.45. The van der Waals surface area contributed by atoms with Crippen molar-refractivity contribution in [2.75, 3.05) is 11.1 Å². The second-order valence-electron chi connectivity index (χ2n) is 4.23. The molecule has 86 valence electrons. The summed E-state index contributed by atoms with van der Waals surface area (Å²) in [6.07, 6.45) is 1.13. The minimum atomic E-state index is 0.499. The van der Waals surface area contributed by atoms with Gasteiger partial charge in [0.1, 0.15) is 0 Å². The van der Waals surface area contributed by atoms with Gasteiger partial charge in [0.15, 0.2) is 5.17 Å². The number of anilines is 1. The van der Waals surface area contributed by atoms with Crippen LogP contribution < -0.4 is 5.32 Å². The highest BCUT2D eigenvalue weighted by Gasteiger charge is 2.16. The minimum Gasteiger partial charge on any atom is -0.335 e. The quantitative estimate of drug-likeness (QED) is 0.845. The van der Waals surface area contributed by atoms with E-state index in [1.54, 1.807) is 0 Å². The molecule has 0 saturated heterocycles. The fourth-order valence-electron chi connectivity index (χ4n) is 1.64. The van der Waals surface area contributed by atoms with E-state index in [0.29, 0.717) is 6.04 Å². The Labute approximate surface area is 102 Å². The monoisotopic (exact) mass is 234 g/mol. The maximum atomic E-state index is 4.62. The fourth-order valence-corrected chi connectivity index (χ4v) is 2.71. The molecule has 1 aliphatic rings. The first kappa shape index (κ1) is 11.5. The standard InChI is InChI=1S/C13H18N2S/c1-4-11-8-16-13(14-11)15-12-6-5-9(2)10(3)7-12/h5-7,11H,4,8H2,1-3H3,(H,14,15). The number of thioether (sulfide) groups is 1. The second-order valence-corrected chi connectivity index (χ2v) is 5.24. The van der Waals surface area contributed by atoms with Crippen LogP contribution in [-0.4, -0.2) is 17.0 Å². The van der Waals surface area contributed by atoms with Gasteiger partial charge in [0.2, 0.25) is 0 Å². The smallest absolute Gasteiger partial charge is 0.161 e. The number of rotatable bonds is 2. The lowest BCUT2D eigenvalue weighted by Gasteiger charge is -2.07. The zero-order valence-electron chi connectivity index (χ0n) is 10.1. The van der Waals surface area contributed by atoms with E-state index >= 15 is 0 Å². The number of benzene rings is 1. The Bertz CT molecular complexity index is 412. The molecule has 0 saturated carbocycles. The second kappa shape index (κ2) is 4.91. The van der Waals surface area contributed by atoms with E-state index in [9.17, 15) is 0 Å². The van der Waals surface area contributed by atoms with Gasteiger partial charge in [0.25, 0.3) is 0 Å². The maximum Gasteiger partial charge on any atom is 0.161 e. The van der Waals surface area contributed by atoms with E-state index in [1.807, 2.05) is 11.8 Å². The molecule has 2 rings (SSSR count). The Morgan fingerprint density at radius 1 is 1.38 bits per heavy atom. The van der Waals surface area contributed by atoms with Crippen LogP contribution in [-0.2, 0) is 0 Å². The van der Waals surface area contributed by atoms with Crippen LogP contribution >= 0.6 is 11.8 Å². The van der Waals surface area contributed by atoms with Crippen molar-refractivity contribution in [2.24, 2.45) is 4.99 Å². The Morgan fingerprint density at radius 2 is 2.19 bits per heavy atom. The Hall–Kier alpha value is -0.960. The Morgan fingerprint density at radius 3 is 2.81 bits per heavy atom. The molecule has 0 aliphatic carbocycles. The van der Waals surface area contributed by atoms with Crippen LogP contribution in [0.2, 0.25) is 0 Å². The SMILES string of the molecule is CCC1CSC(Nc2ccc(C)c(C)c2)=N1. The van der Waals surface area contributed by atoms with E-state index in [0.717, 1.165) is 23.0 Å². The van der Waals surface area contributed by atoms with Crippen LogP contribution in [0.25, 0.3) is 0 Å². The van der Waals surface area contributed by atoms with Gasteiger partial charge in [-0.3, -0.25) is 4.99 Å². The molecule has 1 heterocycles. The van der Waals surface area contributed by atoms with E-state index in [4.69, 9.17) is 0 Å². The van der Waals surface area contributed by atoms with E-state index < -0.39 is 0 Å². The molecule has 0 spiro atoms. The molecule has 1 unspecified atom stereocenters. The summed E-state index contributed by atoms with van der Waals surface area (Å²) in [5.74, 6) is 1.11. The summed E-state index contributed by atoms with van der Waals surface area (Å²) in [5.41, 5.74) is 3.80. The summed E-state index contributed by atoms with van der Waals surface area (Å²) in [7, 11) is 0. The molecule has 1 N–H and O–H groups in total. The highest BCUT2D eigenvalue weighted by molar-refractivity contribution is 8.14. The summed E-state index contributed by atoms with van der Waals surface area (Å²) >= 11 is 1.82. The molecule has 1 atom stereocenters. The van der Waals surface area contributed by atoms with Crippen molar-refractivity contribution in [2.45, 2.75) is 33.2 Å². The van der Waals surface area contributed by atoms with Gasteiger partial charge in [0.05, 0.1) is 6.04 Å². The van der Waals surface area contributed by atoms with Gasteiger partial charge in [-0.25, -0.2) is 0 Å². The molecule has 16 heavy (non-hydrogen) atoms. The van der Waals surface area contributed by atoms with Crippen molar-refractivity contribution in [1.29, 1.82) is 0 Å². The average Bonchev–Trinajstić information content (AvgIpc) is 2.71. The van der Waals surface area contributed by atoms with Crippen molar-refractivity contribution in [3.8, 4) is 0 Å². The third-order valence-electron chi connectivity index (χ3n) is 2.94. The molecule has 0 amide bonds. The number of aliphatic imine (C=N–C) groups is 1. The molecule has 0 bridgehead atoms. The van der Waals surface area contributed by atoms with Gasteiger partial charge in [0, 0.05) is 11.4 Å². The van der Waals surface area contributed by atoms with Crippen LogP contribution in [0.1, 0.15) is 24.5 Å².